The molecule has 1 heterocycles. The van der Waals surface area contributed by atoms with Crippen LogP contribution in [0.5, 0.6) is 0 Å². The molecular formula is C14H17N3O. The number of hydrogen-bond donors (Lipinski definition) is 0. The van der Waals surface area contributed by atoms with Crippen molar-refractivity contribution in [2.75, 3.05) is 0 Å². The van der Waals surface area contributed by atoms with Crippen LogP contribution >= 0.6 is 0 Å². The quantitative estimate of drug-likeness (QED) is 0.352. The molecule has 0 aliphatic heterocycles. The molecule has 0 N–H and O–H groups in total. The molecule has 0 bridgehead atoms. The number of rotatable bonds is 2. The highest BCUT2D eigenvalue weighted by Gasteiger charge is 2.17. The van der Waals surface area contributed by atoms with Gasteiger partial charge in [-0.25, -0.2) is 9.72 Å². The smallest absolute Gasteiger partial charge is 0.182 e. The van der Waals surface area contributed by atoms with Gasteiger partial charge in [-0.15, -0.1) is 0 Å². The fourth-order valence-electron chi connectivity index (χ4n) is 1.47. The topological polar surface area (TPSA) is 43.9 Å². The Kier molecular flexibility index (Phi) is 3.19. The van der Waals surface area contributed by atoms with Gasteiger partial charge in [-0.2, -0.15) is 0 Å². The van der Waals surface area contributed by atoms with Crippen LogP contribution in [-0.2, 0) is 0 Å². The van der Waals surface area contributed by atoms with Crippen molar-refractivity contribution in [1.29, 1.82) is 0 Å². The van der Waals surface area contributed by atoms with Crippen molar-refractivity contribution in [3.8, 4) is 5.69 Å². The van der Waals surface area contributed by atoms with Crippen LogP contribution in [0.25, 0.3) is 5.69 Å². The lowest BCUT2D eigenvalue weighted by atomic mass is 10.1. The van der Waals surface area contributed by atoms with E-state index in [1.165, 1.54) is 0 Å². The maximum Gasteiger partial charge on any atom is 0.182 e. The molecule has 0 saturated heterocycles. The Bertz CT molecular complexity index is 533. The lowest BCUT2D eigenvalue weighted by molar-refractivity contribution is -0.530. The molecule has 0 atom stereocenters. The van der Waals surface area contributed by atoms with Gasteiger partial charge in [0.05, 0.1) is 6.33 Å². The summed E-state index contributed by atoms with van der Waals surface area (Å²) in [5.74, 6) is 0. The average Bonchev–Trinajstić information content (AvgIpc) is 2.82. The molecule has 0 amide bonds. The lowest BCUT2D eigenvalue weighted by Gasteiger charge is -2.18. The Morgan fingerprint density at radius 1 is 1.22 bits per heavy atom. The molecule has 0 radical (unpaired) electrons. The summed E-state index contributed by atoms with van der Waals surface area (Å²) in [6, 6.07) is 7.77. The van der Waals surface area contributed by atoms with E-state index < -0.39 is 5.54 Å². The van der Waals surface area contributed by atoms with Gasteiger partial charge < -0.3 is 9.77 Å². The predicted molar refractivity (Wildman–Crippen MR) is 72.1 cm³/mol. The fourth-order valence-corrected chi connectivity index (χ4v) is 1.47. The van der Waals surface area contributed by atoms with Crippen LogP contribution in [0.3, 0.4) is 0 Å². The van der Waals surface area contributed by atoms with Gasteiger partial charge in [0, 0.05) is 44.4 Å². The first kappa shape index (κ1) is 12.4. The van der Waals surface area contributed by atoms with E-state index in [2.05, 4.69) is 4.98 Å². The zero-order valence-corrected chi connectivity index (χ0v) is 10.9. The molecule has 18 heavy (non-hydrogen) atoms. The first-order chi connectivity index (χ1) is 8.47. The summed E-state index contributed by atoms with van der Waals surface area (Å²) < 4.78 is 2.89. The zero-order chi connectivity index (χ0) is 13.2. The van der Waals surface area contributed by atoms with E-state index >= 15 is 0 Å². The number of benzene rings is 1. The Balaban J connectivity index is 2.24. The van der Waals surface area contributed by atoms with Crippen molar-refractivity contribution < 1.29 is 4.74 Å². The first-order valence-electron chi connectivity index (χ1n) is 5.86. The summed E-state index contributed by atoms with van der Waals surface area (Å²) in [6.07, 6.45) is 6.97. The largest absolute Gasteiger partial charge is 0.623 e. The summed E-state index contributed by atoms with van der Waals surface area (Å²) in [7, 11) is 0. The molecule has 0 unspecified atom stereocenters. The highest BCUT2D eigenvalue weighted by atomic mass is 16.5. The monoisotopic (exact) mass is 243 g/mol. The maximum absolute atomic E-state index is 11.8. The molecule has 0 aliphatic carbocycles. The van der Waals surface area contributed by atoms with Gasteiger partial charge in [0.25, 0.3) is 0 Å². The van der Waals surface area contributed by atoms with Crippen LogP contribution < -0.4 is 0 Å². The number of hydroxylamine groups is 1. The van der Waals surface area contributed by atoms with E-state index in [9.17, 15) is 5.21 Å². The van der Waals surface area contributed by atoms with Crippen LogP contribution in [0.2, 0.25) is 0 Å². The van der Waals surface area contributed by atoms with Gasteiger partial charge in [-0.1, -0.05) is 0 Å². The predicted octanol–water partition coefficient (Wildman–Crippen LogP) is 2.60. The second kappa shape index (κ2) is 4.64. The minimum Gasteiger partial charge on any atom is -0.623 e. The summed E-state index contributed by atoms with van der Waals surface area (Å²) in [4.78, 5) is 4.00. The third kappa shape index (κ3) is 2.77. The molecule has 4 heteroatoms. The molecule has 1 aromatic carbocycles. The Morgan fingerprint density at radius 3 is 2.39 bits per heavy atom. The number of nitrogens with zero attached hydrogens (tertiary/aromatic N) is 3. The summed E-state index contributed by atoms with van der Waals surface area (Å²) in [5, 5.41) is 11.8. The van der Waals surface area contributed by atoms with Crippen LogP contribution in [-0.4, -0.2) is 26.0 Å². The molecular weight excluding hydrogens is 226 g/mol. The van der Waals surface area contributed by atoms with Crippen LogP contribution in [0.1, 0.15) is 26.3 Å². The highest BCUT2D eigenvalue weighted by molar-refractivity contribution is 5.76. The molecule has 0 aliphatic rings. The van der Waals surface area contributed by atoms with Crippen molar-refractivity contribution in [1.82, 2.24) is 9.55 Å². The van der Waals surface area contributed by atoms with E-state index in [4.69, 9.17) is 0 Å². The third-order valence-corrected chi connectivity index (χ3v) is 2.62. The van der Waals surface area contributed by atoms with E-state index in [0.717, 1.165) is 16.0 Å². The molecule has 2 aromatic rings. The second-order valence-electron chi connectivity index (χ2n) is 5.19. The van der Waals surface area contributed by atoms with Gasteiger partial charge in [0.1, 0.15) is 0 Å². The Hall–Kier alpha value is -2.10. The normalized spacial score (nSPS) is 12.7. The summed E-state index contributed by atoms with van der Waals surface area (Å²) in [6.45, 7) is 5.66. The molecule has 4 nitrogen and oxygen atoms in total. The average molecular weight is 243 g/mol. The maximum atomic E-state index is 11.8. The van der Waals surface area contributed by atoms with Crippen molar-refractivity contribution >= 4 is 6.21 Å². The SMILES string of the molecule is CC(C)(C)[N+]([O-])=Cc1ccc(-n2ccnc2)cc1. The van der Waals surface area contributed by atoms with Crippen molar-refractivity contribution in [3.63, 3.8) is 0 Å². The Morgan fingerprint density at radius 2 is 1.89 bits per heavy atom. The number of aromatic nitrogens is 2. The van der Waals surface area contributed by atoms with Gasteiger partial charge in [0.15, 0.2) is 11.8 Å². The molecule has 0 fully saturated rings. The van der Waals surface area contributed by atoms with Crippen molar-refractivity contribution in [2.24, 2.45) is 0 Å². The first-order valence-corrected chi connectivity index (χ1v) is 5.86. The van der Waals surface area contributed by atoms with Crippen molar-refractivity contribution in [2.45, 2.75) is 26.3 Å². The molecule has 0 saturated carbocycles. The van der Waals surface area contributed by atoms with Crippen LogP contribution in [0.4, 0.5) is 0 Å². The summed E-state index contributed by atoms with van der Waals surface area (Å²) >= 11 is 0. The number of imidazole rings is 1. The minimum absolute atomic E-state index is 0.414. The van der Waals surface area contributed by atoms with Gasteiger partial charge >= 0.3 is 0 Å². The minimum atomic E-state index is -0.414. The van der Waals surface area contributed by atoms with E-state index in [1.807, 2.05) is 55.8 Å². The number of hydrogen-bond acceptors (Lipinski definition) is 2. The van der Waals surface area contributed by atoms with Gasteiger partial charge in [0.2, 0.25) is 0 Å². The second-order valence-corrected chi connectivity index (χ2v) is 5.19. The lowest BCUT2D eigenvalue weighted by Crippen LogP contribution is -2.29. The van der Waals surface area contributed by atoms with Crippen LogP contribution in [0.15, 0.2) is 43.0 Å². The zero-order valence-electron chi connectivity index (χ0n) is 10.9. The third-order valence-electron chi connectivity index (χ3n) is 2.62. The van der Waals surface area contributed by atoms with Gasteiger partial charge in [-0.05, 0) is 24.3 Å². The molecule has 0 spiro atoms. The standard InChI is InChI=1S/C14H17N3O/c1-14(2,3)17(18)10-12-4-6-13(7-5-12)16-9-8-15-11-16/h4-11H,1-3H3. The highest BCUT2D eigenvalue weighted by Crippen LogP contribution is 2.10. The molecule has 2 rings (SSSR count). The van der Waals surface area contributed by atoms with E-state index in [-0.39, 0.29) is 0 Å². The van der Waals surface area contributed by atoms with E-state index in [1.54, 1.807) is 18.7 Å². The molecule has 1 aromatic heterocycles. The van der Waals surface area contributed by atoms with E-state index in [0.29, 0.717) is 0 Å². The fraction of sp³-hybridized carbons (Fsp3) is 0.286. The Labute approximate surface area is 107 Å². The molecule has 94 valence electrons. The van der Waals surface area contributed by atoms with Crippen LogP contribution in [0, 0.1) is 5.21 Å². The summed E-state index contributed by atoms with van der Waals surface area (Å²) in [5.41, 5.74) is 1.50. The van der Waals surface area contributed by atoms with Crippen molar-refractivity contribution in [3.05, 3.63) is 53.8 Å². The van der Waals surface area contributed by atoms with Gasteiger partial charge in [-0.3, -0.25) is 0 Å².